The van der Waals surface area contributed by atoms with Crippen molar-refractivity contribution in [1.82, 2.24) is 10.2 Å². The van der Waals surface area contributed by atoms with E-state index < -0.39 is 28.5 Å². The van der Waals surface area contributed by atoms with Crippen LogP contribution in [0.15, 0.2) is 36.4 Å². The summed E-state index contributed by atoms with van der Waals surface area (Å²) in [5.41, 5.74) is 1.36. The Morgan fingerprint density at radius 3 is 2.18 bits per heavy atom. The molecule has 1 N–H and O–H groups in total. The monoisotopic (exact) mass is 533 g/mol. The number of nitrogens with one attached hydrogen (secondary N) is 1. The Kier molecular flexibility index (Phi) is 9.43. The fourth-order valence-electron chi connectivity index (χ4n) is 3.43. The smallest absolute Gasteiger partial charge is 0.244 e. The van der Waals surface area contributed by atoms with Crippen LogP contribution in [0.3, 0.4) is 0 Å². The summed E-state index contributed by atoms with van der Waals surface area (Å²) in [6, 6.07) is 8.77. The highest BCUT2D eigenvalue weighted by Gasteiger charge is 2.32. The van der Waals surface area contributed by atoms with Gasteiger partial charge in [0.05, 0.1) is 11.9 Å². The lowest BCUT2D eigenvalue weighted by Gasteiger charge is -2.33. The molecule has 180 valence electrons. The predicted octanol–water partition coefficient (Wildman–Crippen LogP) is 4.27. The van der Waals surface area contributed by atoms with E-state index in [1.807, 2.05) is 0 Å². The molecule has 0 aromatic heterocycles. The first-order valence-electron chi connectivity index (χ1n) is 10.1. The van der Waals surface area contributed by atoms with E-state index in [2.05, 4.69) is 5.32 Å². The Bertz CT molecular complexity index is 1120. The van der Waals surface area contributed by atoms with E-state index in [1.54, 1.807) is 44.2 Å². The van der Waals surface area contributed by atoms with Gasteiger partial charge in [0.2, 0.25) is 21.8 Å². The van der Waals surface area contributed by atoms with Gasteiger partial charge in [-0.2, -0.15) is 0 Å². The normalized spacial score (nSPS) is 12.2. The molecule has 2 aromatic rings. The summed E-state index contributed by atoms with van der Waals surface area (Å²) >= 11 is 18.6. The Balaban J connectivity index is 2.52. The number of likely N-dealkylation sites (N-methyl/N-ethyl adjacent to an activating group) is 1. The van der Waals surface area contributed by atoms with E-state index in [0.29, 0.717) is 38.3 Å². The molecule has 2 aromatic carbocycles. The minimum atomic E-state index is -3.84. The average Bonchev–Trinajstić information content (AvgIpc) is 2.73. The van der Waals surface area contributed by atoms with Gasteiger partial charge in [0.15, 0.2) is 0 Å². The number of amides is 2. The molecule has 0 saturated heterocycles. The topological polar surface area (TPSA) is 86.8 Å². The number of carbonyl (C=O) groups is 2. The van der Waals surface area contributed by atoms with Crippen LogP contribution in [0.25, 0.3) is 0 Å². The quantitative estimate of drug-likeness (QED) is 0.520. The molecule has 0 saturated carbocycles. The van der Waals surface area contributed by atoms with Crippen LogP contribution in [-0.2, 0) is 26.2 Å². The van der Waals surface area contributed by atoms with Crippen molar-refractivity contribution < 1.29 is 18.0 Å². The number of hydrogen-bond acceptors (Lipinski definition) is 4. The first-order valence-corrected chi connectivity index (χ1v) is 13.1. The van der Waals surface area contributed by atoms with Gasteiger partial charge in [0.1, 0.15) is 12.6 Å². The fraction of sp³-hybridized carbons (Fsp3) is 0.364. The van der Waals surface area contributed by atoms with E-state index >= 15 is 0 Å². The van der Waals surface area contributed by atoms with Crippen molar-refractivity contribution in [2.75, 3.05) is 24.2 Å². The third-order valence-corrected chi connectivity index (χ3v) is 7.20. The third kappa shape index (κ3) is 6.76. The van der Waals surface area contributed by atoms with Gasteiger partial charge < -0.3 is 10.2 Å². The molecule has 2 amide bonds. The van der Waals surface area contributed by atoms with Crippen molar-refractivity contribution in [2.45, 2.75) is 32.9 Å². The summed E-state index contributed by atoms with van der Waals surface area (Å²) in [5, 5.41) is 3.66. The lowest BCUT2D eigenvalue weighted by Crippen LogP contribution is -2.51. The zero-order valence-electron chi connectivity index (χ0n) is 18.7. The van der Waals surface area contributed by atoms with Gasteiger partial charge in [-0.15, -0.1) is 0 Å². The second-order valence-electron chi connectivity index (χ2n) is 7.46. The SMILES string of the molecule is CCC(C(=O)NC)N(Cc1c(Cl)cccc1Cl)C(=O)CN(c1ccc(Cl)cc1C)S(C)(=O)=O. The number of rotatable bonds is 9. The van der Waals surface area contributed by atoms with Crippen molar-refractivity contribution in [2.24, 2.45) is 0 Å². The van der Waals surface area contributed by atoms with E-state index in [4.69, 9.17) is 34.8 Å². The zero-order valence-corrected chi connectivity index (χ0v) is 21.8. The second-order valence-corrected chi connectivity index (χ2v) is 10.6. The van der Waals surface area contributed by atoms with Gasteiger partial charge in [-0.3, -0.25) is 13.9 Å². The third-order valence-electron chi connectivity index (χ3n) is 5.13. The van der Waals surface area contributed by atoms with Crippen LogP contribution in [0.2, 0.25) is 15.1 Å². The van der Waals surface area contributed by atoms with E-state index in [9.17, 15) is 18.0 Å². The predicted molar refractivity (Wildman–Crippen MR) is 134 cm³/mol. The van der Waals surface area contributed by atoms with Crippen LogP contribution in [0.1, 0.15) is 24.5 Å². The number of anilines is 1. The number of benzene rings is 2. The molecule has 0 aliphatic carbocycles. The standard InChI is InChI=1S/C22H26Cl3N3O4S/c1-5-19(22(30)26-3)27(12-16-17(24)7-6-8-18(16)25)21(29)13-28(33(4,31)32)20-10-9-15(23)11-14(20)2/h6-11,19H,5,12-13H2,1-4H3,(H,26,30). The number of sulfonamides is 1. The van der Waals surface area contributed by atoms with Crippen molar-refractivity contribution in [3.8, 4) is 0 Å². The maximum Gasteiger partial charge on any atom is 0.244 e. The fourth-order valence-corrected chi connectivity index (χ4v) is 5.08. The molecule has 1 atom stereocenters. The molecule has 33 heavy (non-hydrogen) atoms. The van der Waals surface area contributed by atoms with Crippen LogP contribution >= 0.6 is 34.8 Å². The molecule has 0 bridgehead atoms. The van der Waals surface area contributed by atoms with Crippen molar-refractivity contribution in [3.63, 3.8) is 0 Å². The minimum absolute atomic E-state index is 0.0690. The lowest BCUT2D eigenvalue weighted by atomic mass is 10.1. The van der Waals surface area contributed by atoms with Gasteiger partial charge >= 0.3 is 0 Å². The van der Waals surface area contributed by atoms with E-state index in [1.165, 1.54) is 18.0 Å². The lowest BCUT2D eigenvalue weighted by molar-refractivity contribution is -0.140. The summed E-state index contributed by atoms with van der Waals surface area (Å²) < 4.78 is 26.2. The number of halogens is 3. The Morgan fingerprint density at radius 2 is 1.70 bits per heavy atom. The molecule has 7 nitrogen and oxygen atoms in total. The molecule has 11 heteroatoms. The Labute approximate surface area is 209 Å². The molecule has 0 aliphatic heterocycles. The summed E-state index contributed by atoms with van der Waals surface area (Å²) in [5.74, 6) is -0.969. The maximum absolute atomic E-state index is 13.5. The van der Waals surface area contributed by atoms with Gasteiger partial charge in [0.25, 0.3) is 0 Å². The molecule has 0 heterocycles. The van der Waals surface area contributed by atoms with Crippen LogP contribution < -0.4 is 9.62 Å². The number of nitrogens with zero attached hydrogens (tertiary/aromatic N) is 2. The van der Waals surface area contributed by atoms with Crippen LogP contribution in [0.4, 0.5) is 5.69 Å². The van der Waals surface area contributed by atoms with E-state index in [0.717, 1.165) is 10.6 Å². The van der Waals surface area contributed by atoms with Gasteiger partial charge in [-0.25, -0.2) is 8.42 Å². The van der Waals surface area contributed by atoms with Crippen molar-refractivity contribution in [3.05, 3.63) is 62.6 Å². The highest BCUT2D eigenvalue weighted by molar-refractivity contribution is 7.92. The van der Waals surface area contributed by atoms with Crippen LogP contribution in [-0.4, -0.2) is 51.0 Å². The maximum atomic E-state index is 13.5. The number of hydrogen-bond donors (Lipinski definition) is 1. The largest absolute Gasteiger partial charge is 0.357 e. The van der Waals surface area contributed by atoms with Gasteiger partial charge in [0, 0.05) is 34.2 Å². The molecule has 0 fully saturated rings. The molecule has 0 spiro atoms. The Hall–Kier alpha value is -2.00. The van der Waals surface area contributed by atoms with Crippen LogP contribution in [0.5, 0.6) is 0 Å². The highest BCUT2D eigenvalue weighted by atomic mass is 35.5. The average molecular weight is 535 g/mol. The summed E-state index contributed by atoms with van der Waals surface area (Å²) in [6.45, 7) is 2.87. The first-order chi connectivity index (χ1) is 15.4. The van der Waals surface area contributed by atoms with Gasteiger partial charge in [-0.05, 0) is 49.2 Å². The summed E-state index contributed by atoms with van der Waals surface area (Å²) in [4.78, 5) is 27.4. The molecule has 2 rings (SSSR count). The van der Waals surface area contributed by atoms with E-state index in [-0.39, 0.29) is 12.5 Å². The highest BCUT2D eigenvalue weighted by Crippen LogP contribution is 2.29. The molecule has 0 radical (unpaired) electrons. The summed E-state index contributed by atoms with van der Waals surface area (Å²) in [6.07, 6.45) is 1.31. The molecular weight excluding hydrogens is 509 g/mol. The zero-order chi connectivity index (χ0) is 24.9. The number of carbonyl (C=O) groups excluding carboxylic acids is 2. The molecular formula is C22H26Cl3N3O4S. The van der Waals surface area contributed by atoms with Crippen LogP contribution in [0, 0.1) is 6.92 Å². The van der Waals surface area contributed by atoms with Crippen molar-refractivity contribution >= 4 is 62.3 Å². The number of aryl methyl sites for hydroxylation is 1. The van der Waals surface area contributed by atoms with Crippen molar-refractivity contribution in [1.29, 1.82) is 0 Å². The second kappa shape index (κ2) is 11.4. The Morgan fingerprint density at radius 1 is 1.09 bits per heavy atom. The minimum Gasteiger partial charge on any atom is -0.357 e. The summed E-state index contributed by atoms with van der Waals surface area (Å²) in [7, 11) is -2.37. The first kappa shape index (κ1) is 27.2. The van der Waals surface area contributed by atoms with Gasteiger partial charge in [-0.1, -0.05) is 47.8 Å². The molecule has 1 unspecified atom stereocenters. The molecule has 0 aliphatic rings.